The number of aliphatic hydroxyl groups excluding tert-OH is 1. The summed E-state index contributed by atoms with van der Waals surface area (Å²) in [6.45, 7) is 12.1. The van der Waals surface area contributed by atoms with E-state index in [1.807, 2.05) is 6.08 Å². The van der Waals surface area contributed by atoms with E-state index in [9.17, 15) is 5.11 Å². The largest absolute Gasteiger partial charge is 0.392 e. The Kier molecular flexibility index (Phi) is 7.00. The molecule has 2 fully saturated rings. The molecule has 0 radical (unpaired) electrons. The highest BCUT2D eigenvalue weighted by Crippen LogP contribution is 2.17. The number of hydrogen-bond donors (Lipinski definition) is 1. The van der Waals surface area contributed by atoms with Crippen LogP contribution in [0.3, 0.4) is 0 Å². The molecule has 2 heterocycles. The monoisotopic (exact) mass is 282 g/mol. The number of β-amino-alcohol motifs (C(OH)–C–C–N with tert-alkyl or cyclic N) is 1. The molecule has 0 aromatic rings. The third-order valence-electron chi connectivity index (χ3n) is 4.50. The van der Waals surface area contributed by atoms with Crippen molar-refractivity contribution >= 4 is 0 Å². The second-order valence-electron chi connectivity index (χ2n) is 6.18. The van der Waals surface area contributed by atoms with Crippen molar-refractivity contribution in [3.8, 4) is 0 Å². The average Bonchev–Trinajstić information content (AvgIpc) is 2.48. The lowest BCUT2D eigenvalue weighted by molar-refractivity contribution is 0.0336. The molecule has 1 atom stereocenters. The first-order valence-electron chi connectivity index (χ1n) is 8.09. The van der Waals surface area contributed by atoms with E-state index in [-0.39, 0.29) is 6.10 Å². The van der Waals surface area contributed by atoms with Gasteiger partial charge in [-0.2, -0.15) is 0 Å². The molecule has 4 nitrogen and oxygen atoms in total. The quantitative estimate of drug-likeness (QED) is 0.715. The molecule has 0 bridgehead atoms. The minimum Gasteiger partial charge on any atom is -0.392 e. The Balaban J connectivity index is 1.60. The number of nitrogens with zero attached hydrogens (tertiary/aromatic N) is 2. The molecule has 0 aromatic heterocycles. The highest BCUT2D eigenvalue weighted by Gasteiger charge is 2.22. The van der Waals surface area contributed by atoms with Crippen molar-refractivity contribution in [1.82, 2.24) is 9.80 Å². The van der Waals surface area contributed by atoms with E-state index in [1.54, 1.807) is 0 Å². The van der Waals surface area contributed by atoms with E-state index in [0.717, 1.165) is 64.7 Å². The molecule has 0 spiro atoms. The lowest BCUT2D eigenvalue weighted by atomic mass is 9.99. The van der Waals surface area contributed by atoms with E-state index < -0.39 is 0 Å². The third-order valence-corrected chi connectivity index (χ3v) is 4.50. The van der Waals surface area contributed by atoms with Gasteiger partial charge in [0.05, 0.1) is 6.10 Å². The van der Waals surface area contributed by atoms with Gasteiger partial charge in [-0.05, 0) is 31.6 Å². The van der Waals surface area contributed by atoms with Crippen molar-refractivity contribution in [1.29, 1.82) is 0 Å². The maximum Gasteiger partial charge on any atom is 0.0670 e. The van der Waals surface area contributed by atoms with Crippen LogP contribution in [-0.4, -0.2) is 73.5 Å². The van der Waals surface area contributed by atoms with Gasteiger partial charge in [-0.3, -0.25) is 4.90 Å². The van der Waals surface area contributed by atoms with E-state index in [2.05, 4.69) is 16.4 Å². The lowest BCUT2D eigenvalue weighted by Crippen LogP contribution is -2.49. The summed E-state index contributed by atoms with van der Waals surface area (Å²) in [5, 5.41) is 9.94. The van der Waals surface area contributed by atoms with Crippen molar-refractivity contribution in [2.24, 2.45) is 5.92 Å². The molecule has 0 aliphatic carbocycles. The summed E-state index contributed by atoms with van der Waals surface area (Å²) in [6.07, 6.45) is 5.88. The van der Waals surface area contributed by atoms with Crippen LogP contribution in [0.4, 0.5) is 0 Å². The molecule has 2 aliphatic heterocycles. The molecule has 2 saturated heterocycles. The Morgan fingerprint density at radius 1 is 1.15 bits per heavy atom. The fourth-order valence-corrected chi connectivity index (χ4v) is 3.15. The SMILES string of the molecule is C=CCC[C@H](O)CN1CCN(CC2CCOCC2)CC1. The summed E-state index contributed by atoms with van der Waals surface area (Å²) in [6, 6.07) is 0. The number of piperazine rings is 1. The summed E-state index contributed by atoms with van der Waals surface area (Å²) in [5.74, 6) is 0.827. The van der Waals surface area contributed by atoms with E-state index in [4.69, 9.17) is 4.74 Å². The van der Waals surface area contributed by atoms with Gasteiger partial charge in [0.1, 0.15) is 0 Å². The zero-order chi connectivity index (χ0) is 14.2. The second-order valence-corrected chi connectivity index (χ2v) is 6.18. The summed E-state index contributed by atoms with van der Waals surface area (Å²) in [4.78, 5) is 4.98. The fourth-order valence-electron chi connectivity index (χ4n) is 3.15. The third kappa shape index (κ3) is 5.52. The summed E-state index contributed by atoms with van der Waals surface area (Å²) >= 11 is 0. The van der Waals surface area contributed by atoms with Crippen molar-refractivity contribution < 1.29 is 9.84 Å². The van der Waals surface area contributed by atoms with Crippen molar-refractivity contribution in [2.75, 3.05) is 52.5 Å². The van der Waals surface area contributed by atoms with Crippen LogP contribution in [0.5, 0.6) is 0 Å². The smallest absolute Gasteiger partial charge is 0.0670 e. The predicted octanol–water partition coefficient (Wildman–Crippen LogP) is 1.36. The highest BCUT2D eigenvalue weighted by atomic mass is 16.5. The molecule has 0 amide bonds. The Labute approximate surface area is 123 Å². The molecule has 0 aromatic carbocycles. The van der Waals surface area contributed by atoms with Gasteiger partial charge in [-0.25, -0.2) is 0 Å². The van der Waals surface area contributed by atoms with Crippen LogP contribution in [-0.2, 0) is 4.74 Å². The number of rotatable bonds is 7. The van der Waals surface area contributed by atoms with Crippen LogP contribution in [0.15, 0.2) is 12.7 Å². The van der Waals surface area contributed by atoms with Gasteiger partial charge < -0.3 is 14.7 Å². The number of ether oxygens (including phenoxy) is 1. The zero-order valence-electron chi connectivity index (χ0n) is 12.7. The first-order valence-corrected chi connectivity index (χ1v) is 8.09. The number of aliphatic hydroxyl groups is 1. The van der Waals surface area contributed by atoms with Crippen molar-refractivity contribution in [2.45, 2.75) is 31.8 Å². The van der Waals surface area contributed by atoms with Crippen LogP contribution < -0.4 is 0 Å². The van der Waals surface area contributed by atoms with Gasteiger partial charge in [0, 0.05) is 52.5 Å². The van der Waals surface area contributed by atoms with Crippen LogP contribution in [0.25, 0.3) is 0 Å². The van der Waals surface area contributed by atoms with Gasteiger partial charge in [0.25, 0.3) is 0 Å². The van der Waals surface area contributed by atoms with E-state index >= 15 is 0 Å². The molecular weight excluding hydrogens is 252 g/mol. The molecule has 2 aliphatic rings. The van der Waals surface area contributed by atoms with Crippen LogP contribution in [0, 0.1) is 5.92 Å². The van der Waals surface area contributed by atoms with Gasteiger partial charge in [0.2, 0.25) is 0 Å². The lowest BCUT2D eigenvalue weighted by Gasteiger charge is -2.37. The topological polar surface area (TPSA) is 35.9 Å². The zero-order valence-corrected chi connectivity index (χ0v) is 12.7. The van der Waals surface area contributed by atoms with Crippen LogP contribution in [0.2, 0.25) is 0 Å². The molecule has 1 N–H and O–H groups in total. The maximum atomic E-state index is 9.94. The average molecular weight is 282 g/mol. The fraction of sp³-hybridized carbons (Fsp3) is 0.875. The van der Waals surface area contributed by atoms with Gasteiger partial charge in [-0.1, -0.05) is 6.08 Å². The molecule has 20 heavy (non-hydrogen) atoms. The minimum atomic E-state index is -0.199. The summed E-state index contributed by atoms with van der Waals surface area (Å²) < 4.78 is 5.42. The summed E-state index contributed by atoms with van der Waals surface area (Å²) in [5.41, 5.74) is 0. The molecule has 0 unspecified atom stereocenters. The van der Waals surface area contributed by atoms with Crippen LogP contribution in [0.1, 0.15) is 25.7 Å². The Hall–Kier alpha value is -0.420. The van der Waals surface area contributed by atoms with Gasteiger partial charge in [0.15, 0.2) is 0 Å². The Bertz CT molecular complexity index is 272. The molecule has 116 valence electrons. The second kappa shape index (κ2) is 8.78. The maximum absolute atomic E-state index is 9.94. The summed E-state index contributed by atoms with van der Waals surface area (Å²) in [7, 11) is 0. The van der Waals surface area contributed by atoms with Crippen molar-refractivity contribution in [3.63, 3.8) is 0 Å². The van der Waals surface area contributed by atoms with Crippen LogP contribution >= 0.6 is 0 Å². The minimum absolute atomic E-state index is 0.199. The molecule has 2 rings (SSSR count). The number of allylic oxidation sites excluding steroid dienone is 1. The highest BCUT2D eigenvalue weighted by molar-refractivity contribution is 4.78. The molecule has 0 saturated carbocycles. The van der Waals surface area contributed by atoms with Crippen molar-refractivity contribution in [3.05, 3.63) is 12.7 Å². The normalized spacial score (nSPS) is 24.6. The van der Waals surface area contributed by atoms with Gasteiger partial charge >= 0.3 is 0 Å². The predicted molar refractivity (Wildman–Crippen MR) is 81.9 cm³/mol. The number of hydrogen-bond acceptors (Lipinski definition) is 4. The molecule has 4 heteroatoms. The van der Waals surface area contributed by atoms with Gasteiger partial charge in [-0.15, -0.1) is 6.58 Å². The van der Waals surface area contributed by atoms with E-state index in [1.165, 1.54) is 19.4 Å². The standard InChI is InChI=1S/C16H30N2O2/c1-2-3-4-16(19)14-18-9-7-17(8-10-18)13-15-5-11-20-12-6-15/h2,15-16,19H,1,3-14H2/t16-/m0/s1. The van der Waals surface area contributed by atoms with E-state index in [0.29, 0.717) is 0 Å². The first-order chi connectivity index (χ1) is 9.78. The first kappa shape index (κ1) is 16.0. The molecular formula is C16H30N2O2. The Morgan fingerprint density at radius 3 is 2.45 bits per heavy atom. The Morgan fingerprint density at radius 2 is 1.80 bits per heavy atom.